The van der Waals surface area contributed by atoms with E-state index in [1.807, 2.05) is 6.92 Å². The molecule has 1 saturated heterocycles. The SMILES string of the molecule is Cc1ccc(C(=O)N2C[C@H]3C[C@@H](Oc4ccc(C(F)(F)F)cn4)[C@@H]2C3)c(-c2ncco2)n1. The smallest absolute Gasteiger partial charge is 0.417 e. The molecule has 32 heavy (non-hydrogen) atoms. The van der Waals surface area contributed by atoms with Gasteiger partial charge in [0.05, 0.1) is 23.4 Å². The van der Waals surface area contributed by atoms with Crippen LogP contribution >= 0.6 is 0 Å². The van der Waals surface area contributed by atoms with E-state index in [1.54, 1.807) is 17.0 Å². The lowest BCUT2D eigenvalue weighted by Gasteiger charge is -2.33. The van der Waals surface area contributed by atoms with Crippen molar-refractivity contribution in [1.82, 2.24) is 19.9 Å². The molecule has 1 amide bonds. The quantitative estimate of drug-likeness (QED) is 0.602. The number of fused-ring (bicyclic) bond motifs is 2. The number of aryl methyl sites for hydroxylation is 1. The summed E-state index contributed by atoms with van der Waals surface area (Å²) < 4.78 is 49.6. The van der Waals surface area contributed by atoms with E-state index in [9.17, 15) is 18.0 Å². The van der Waals surface area contributed by atoms with Crippen molar-refractivity contribution in [2.45, 2.75) is 38.1 Å². The number of oxazole rings is 1. The number of alkyl halides is 3. The van der Waals surface area contributed by atoms with Crippen LogP contribution in [0.25, 0.3) is 11.6 Å². The highest BCUT2D eigenvalue weighted by molar-refractivity contribution is 5.99. The van der Waals surface area contributed by atoms with Crippen molar-refractivity contribution in [1.29, 1.82) is 0 Å². The van der Waals surface area contributed by atoms with E-state index in [-0.39, 0.29) is 35.7 Å². The first-order valence-corrected chi connectivity index (χ1v) is 10.2. The molecule has 3 aromatic rings. The number of nitrogens with zero attached hydrogens (tertiary/aromatic N) is 4. The minimum Gasteiger partial charge on any atom is -0.472 e. The van der Waals surface area contributed by atoms with E-state index in [0.717, 1.165) is 30.8 Å². The normalized spacial score (nSPS) is 22.4. The maximum absolute atomic E-state index is 13.4. The van der Waals surface area contributed by atoms with Crippen LogP contribution in [-0.2, 0) is 6.18 Å². The first-order chi connectivity index (χ1) is 15.3. The molecule has 4 heterocycles. The summed E-state index contributed by atoms with van der Waals surface area (Å²) in [5, 5.41) is 0. The molecule has 7 nitrogen and oxygen atoms in total. The molecule has 2 bridgehead atoms. The lowest BCUT2D eigenvalue weighted by molar-refractivity contribution is -0.137. The Labute approximate surface area is 181 Å². The van der Waals surface area contributed by atoms with Crippen LogP contribution < -0.4 is 4.74 Å². The van der Waals surface area contributed by atoms with E-state index in [1.165, 1.54) is 18.5 Å². The standard InChI is InChI=1S/C22H19F3N4O3/c1-12-2-4-15(19(28-12)20-26-6-7-31-20)21(30)29-11-13-8-16(29)17(9-13)32-18-5-3-14(10-27-18)22(23,24)25/h2-7,10,13,16-17H,8-9,11H2,1H3/t13-,16+,17-/m1/s1. The van der Waals surface area contributed by atoms with Crippen LogP contribution in [-0.4, -0.2) is 44.4 Å². The fourth-order valence-electron chi connectivity index (χ4n) is 4.49. The minimum atomic E-state index is -4.45. The van der Waals surface area contributed by atoms with Gasteiger partial charge in [0.25, 0.3) is 5.91 Å². The summed E-state index contributed by atoms with van der Waals surface area (Å²) in [6.07, 6.45) is 0.361. The first kappa shape index (κ1) is 20.5. The van der Waals surface area contributed by atoms with Gasteiger partial charge >= 0.3 is 6.18 Å². The highest BCUT2D eigenvalue weighted by Crippen LogP contribution is 2.41. The predicted molar refractivity (Wildman–Crippen MR) is 106 cm³/mol. The van der Waals surface area contributed by atoms with Crippen molar-refractivity contribution in [3.8, 4) is 17.5 Å². The van der Waals surface area contributed by atoms with Crippen LogP contribution in [0, 0.1) is 12.8 Å². The number of rotatable bonds is 4. The molecule has 0 unspecified atom stereocenters. The maximum atomic E-state index is 13.4. The van der Waals surface area contributed by atoms with Crippen LogP contribution in [0.5, 0.6) is 5.88 Å². The average molecular weight is 444 g/mol. The lowest BCUT2D eigenvalue weighted by Crippen LogP contribution is -2.47. The second-order valence-corrected chi connectivity index (χ2v) is 8.09. The highest BCUT2D eigenvalue weighted by Gasteiger charge is 2.49. The number of hydrogen-bond acceptors (Lipinski definition) is 6. The Bertz CT molecular complexity index is 1130. The second-order valence-electron chi connectivity index (χ2n) is 8.09. The van der Waals surface area contributed by atoms with Gasteiger partial charge < -0.3 is 14.1 Å². The number of amides is 1. The topological polar surface area (TPSA) is 81.4 Å². The Morgan fingerprint density at radius 2 is 2.03 bits per heavy atom. The molecule has 0 N–H and O–H groups in total. The number of carbonyl (C=O) groups is 1. The summed E-state index contributed by atoms with van der Waals surface area (Å²) in [6.45, 7) is 2.40. The van der Waals surface area contributed by atoms with Crippen molar-refractivity contribution in [2.24, 2.45) is 5.92 Å². The van der Waals surface area contributed by atoms with Gasteiger partial charge in [-0.2, -0.15) is 13.2 Å². The number of ether oxygens (including phenoxy) is 1. The van der Waals surface area contributed by atoms with E-state index < -0.39 is 11.7 Å². The number of piperidine rings is 1. The molecule has 5 rings (SSSR count). The molecule has 166 valence electrons. The number of likely N-dealkylation sites (tertiary alicyclic amines) is 1. The van der Waals surface area contributed by atoms with Gasteiger partial charge in [-0.05, 0) is 43.9 Å². The van der Waals surface area contributed by atoms with Crippen molar-refractivity contribution in [3.63, 3.8) is 0 Å². The number of halogens is 3. The number of carbonyl (C=O) groups excluding carboxylic acids is 1. The van der Waals surface area contributed by atoms with Crippen LogP contribution in [0.2, 0.25) is 0 Å². The third-order valence-electron chi connectivity index (χ3n) is 5.92. The molecule has 1 aliphatic heterocycles. The van der Waals surface area contributed by atoms with Gasteiger partial charge in [0.2, 0.25) is 11.8 Å². The van der Waals surface area contributed by atoms with Gasteiger partial charge in [0.15, 0.2) is 0 Å². The molecule has 3 atom stereocenters. The lowest BCUT2D eigenvalue weighted by atomic mass is 10.1. The van der Waals surface area contributed by atoms with Crippen LogP contribution in [0.3, 0.4) is 0 Å². The van der Waals surface area contributed by atoms with Crippen LogP contribution in [0.4, 0.5) is 13.2 Å². The van der Waals surface area contributed by atoms with Crippen molar-refractivity contribution in [3.05, 3.63) is 59.7 Å². The van der Waals surface area contributed by atoms with Gasteiger partial charge in [0.1, 0.15) is 18.1 Å². The summed E-state index contributed by atoms with van der Waals surface area (Å²) in [6, 6.07) is 5.43. The molecule has 1 aliphatic carbocycles. The second kappa shape index (κ2) is 7.61. The fourth-order valence-corrected chi connectivity index (χ4v) is 4.49. The third kappa shape index (κ3) is 3.69. The zero-order chi connectivity index (χ0) is 22.5. The van der Waals surface area contributed by atoms with Crippen molar-refractivity contribution >= 4 is 5.91 Å². The summed E-state index contributed by atoms with van der Waals surface area (Å²) in [5.74, 6) is 0.433. The maximum Gasteiger partial charge on any atom is 0.417 e. The van der Waals surface area contributed by atoms with Gasteiger partial charge in [-0.1, -0.05) is 0 Å². The molecule has 2 aliphatic rings. The average Bonchev–Trinajstić information content (AvgIpc) is 3.50. The van der Waals surface area contributed by atoms with E-state index >= 15 is 0 Å². The zero-order valence-corrected chi connectivity index (χ0v) is 17.0. The summed E-state index contributed by atoms with van der Waals surface area (Å²) >= 11 is 0. The Hall–Kier alpha value is -3.43. The predicted octanol–water partition coefficient (Wildman–Crippen LogP) is 4.14. The van der Waals surface area contributed by atoms with Gasteiger partial charge in [-0.3, -0.25) is 4.79 Å². The minimum absolute atomic E-state index is 0.112. The summed E-state index contributed by atoms with van der Waals surface area (Å²) in [7, 11) is 0. The summed E-state index contributed by atoms with van der Waals surface area (Å²) in [4.78, 5) is 27.6. The van der Waals surface area contributed by atoms with Crippen LogP contribution in [0.1, 0.15) is 34.5 Å². The Morgan fingerprint density at radius 1 is 1.19 bits per heavy atom. The molecule has 3 aromatic heterocycles. The first-order valence-electron chi connectivity index (χ1n) is 10.2. The van der Waals surface area contributed by atoms with Crippen molar-refractivity contribution < 1.29 is 27.1 Å². The molecule has 2 fully saturated rings. The van der Waals surface area contributed by atoms with Crippen LogP contribution in [0.15, 0.2) is 47.3 Å². The third-order valence-corrected chi connectivity index (χ3v) is 5.92. The Morgan fingerprint density at radius 3 is 2.69 bits per heavy atom. The largest absolute Gasteiger partial charge is 0.472 e. The molecular formula is C22H19F3N4O3. The Balaban J connectivity index is 1.36. The molecule has 10 heteroatoms. The molecular weight excluding hydrogens is 425 g/mol. The van der Waals surface area contributed by atoms with E-state index in [2.05, 4.69) is 15.0 Å². The highest BCUT2D eigenvalue weighted by atomic mass is 19.4. The Kier molecular flexibility index (Phi) is 4.87. The summed E-state index contributed by atoms with van der Waals surface area (Å²) in [5.41, 5.74) is 0.662. The van der Waals surface area contributed by atoms with E-state index in [4.69, 9.17) is 9.15 Å². The molecule has 0 spiro atoms. The number of aromatic nitrogens is 3. The number of pyridine rings is 2. The van der Waals surface area contributed by atoms with Gasteiger partial charge in [-0.25, -0.2) is 15.0 Å². The van der Waals surface area contributed by atoms with E-state index in [0.29, 0.717) is 17.8 Å². The van der Waals surface area contributed by atoms with Crippen molar-refractivity contribution in [2.75, 3.05) is 6.54 Å². The zero-order valence-electron chi connectivity index (χ0n) is 17.0. The molecule has 0 radical (unpaired) electrons. The number of hydrogen-bond donors (Lipinski definition) is 0. The fraction of sp³-hybridized carbons (Fsp3) is 0.364. The monoisotopic (exact) mass is 444 g/mol. The molecule has 0 aromatic carbocycles. The van der Waals surface area contributed by atoms with Gasteiger partial charge in [0, 0.05) is 24.5 Å². The van der Waals surface area contributed by atoms with Gasteiger partial charge in [-0.15, -0.1) is 0 Å². The molecule has 1 saturated carbocycles.